The third kappa shape index (κ3) is 4.42. The van der Waals surface area contributed by atoms with Crippen LogP contribution in [0.2, 0.25) is 5.02 Å². The van der Waals surface area contributed by atoms with Crippen LogP contribution >= 0.6 is 23.4 Å². The van der Waals surface area contributed by atoms with Crippen molar-refractivity contribution in [1.82, 2.24) is 20.0 Å². The molecule has 168 valence electrons. The summed E-state index contributed by atoms with van der Waals surface area (Å²) in [6.45, 7) is 6.63. The number of carbonyl (C=O) groups excluding carboxylic acids is 3. The zero-order valence-corrected chi connectivity index (χ0v) is 19.0. The highest BCUT2D eigenvalue weighted by atomic mass is 35.5. The number of amides is 2. The Morgan fingerprint density at radius 1 is 1.39 bits per heavy atom. The molecule has 0 aromatic carbocycles. The molecule has 0 aliphatic carbocycles. The summed E-state index contributed by atoms with van der Waals surface area (Å²) >= 11 is 7.46. The number of aryl methyl sites for hydroxylation is 1. The first-order valence-corrected chi connectivity index (χ1v) is 11.0. The summed E-state index contributed by atoms with van der Waals surface area (Å²) in [6, 6.07) is -0.825. The molecule has 3 atom stereocenters. The van der Waals surface area contributed by atoms with E-state index in [9.17, 15) is 24.3 Å². The molecule has 0 spiro atoms. The highest BCUT2D eigenvalue weighted by Gasteiger charge is 2.54. The predicted octanol–water partition coefficient (Wildman–Crippen LogP) is 1.09. The summed E-state index contributed by atoms with van der Waals surface area (Å²) in [5.41, 5.74) is 1.58. The van der Waals surface area contributed by atoms with Gasteiger partial charge in [0.25, 0.3) is 5.91 Å². The summed E-state index contributed by atoms with van der Waals surface area (Å²) < 4.78 is 6.56. The van der Waals surface area contributed by atoms with E-state index >= 15 is 0 Å². The molecule has 3 heterocycles. The SMILES string of the molecule is CC(=O)OCC1=C(C(=O)O)N2C(=O)[C@H](NC(=O)[C@@H](C)Cn3nc(C)c(Cl)c3C)[C@H]2SC1. The van der Waals surface area contributed by atoms with Crippen LogP contribution in [-0.2, 0) is 30.5 Å². The molecule has 10 nitrogen and oxygen atoms in total. The van der Waals surface area contributed by atoms with Gasteiger partial charge in [-0.2, -0.15) is 5.10 Å². The van der Waals surface area contributed by atoms with Crippen LogP contribution in [0.25, 0.3) is 0 Å². The monoisotopic (exact) mass is 470 g/mol. The lowest BCUT2D eigenvalue weighted by Crippen LogP contribution is -2.71. The summed E-state index contributed by atoms with van der Waals surface area (Å²) in [5, 5.41) is 16.6. The van der Waals surface area contributed by atoms with Crippen LogP contribution < -0.4 is 5.32 Å². The van der Waals surface area contributed by atoms with Crippen molar-refractivity contribution in [2.75, 3.05) is 12.4 Å². The molecule has 12 heteroatoms. The number of halogens is 1. The van der Waals surface area contributed by atoms with E-state index in [2.05, 4.69) is 10.4 Å². The first-order chi connectivity index (χ1) is 14.5. The molecule has 0 unspecified atom stereocenters. The lowest BCUT2D eigenvalue weighted by molar-refractivity contribution is -0.151. The number of carboxylic acids is 1. The minimum absolute atomic E-state index is 0.189. The molecule has 0 radical (unpaired) electrons. The summed E-state index contributed by atoms with van der Waals surface area (Å²) in [7, 11) is 0. The smallest absolute Gasteiger partial charge is 0.352 e. The van der Waals surface area contributed by atoms with Crippen molar-refractivity contribution in [1.29, 1.82) is 0 Å². The van der Waals surface area contributed by atoms with Crippen molar-refractivity contribution >= 4 is 47.1 Å². The van der Waals surface area contributed by atoms with Gasteiger partial charge in [0.2, 0.25) is 5.91 Å². The standard InChI is InChI=1S/C19H23ClN4O6S/c1-8(5-23-10(3)13(20)9(2)22-23)16(26)21-14-17(27)24-15(19(28)29)12(6-30-11(4)25)7-31-18(14)24/h8,14,18H,5-7H2,1-4H3,(H,21,26)(H,28,29)/t8-,14-,18+/m0/s1. The molecular formula is C19H23ClN4O6S. The van der Waals surface area contributed by atoms with Crippen molar-refractivity contribution in [2.24, 2.45) is 5.92 Å². The van der Waals surface area contributed by atoms with Gasteiger partial charge in [0.15, 0.2) is 0 Å². The number of esters is 1. The third-order valence-electron chi connectivity index (χ3n) is 5.18. The number of aliphatic carboxylic acids is 1. The van der Waals surface area contributed by atoms with Crippen LogP contribution in [-0.4, -0.2) is 67.3 Å². The maximum atomic E-state index is 12.7. The first kappa shape index (κ1) is 23.1. The molecule has 31 heavy (non-hydrogen) atoms. The van der Waals surface area contributed by atoms with Gasteiger partial charge in [0.1, 0.15) is 23.7 Å². The number of thioether (sulfide) groups is 1. The van der Waals surface area contributed by atoms with Gasteiger partial charge in [0, 0.05) is 18.2 Å². The van der Waals surface area contributed by atoms with Crippen LogP contribution in [0.5, 0.6) is 0 Å². The molecule has 1 fully saturated rings. The number of hydrogen-bond donors (Lipinski definition) is 2. The van der Waals surface area contributed by atoms with E-state index < -0.39 is 35.2 Å². The average Bonchev–Trinajstić information content (AvgIpc) is 2.95. The number of carboxylic acid groups (broad SMARTS) is 1. The number of aromatic nitrogens is 2. The molecule has 2 N–H and O–H groups in total. The van der Waals surface area contributed by atoms with Crippen LogP contribution in [0.4, 0.5) is 0 Å². The number of rotatable bonds is 7. The molecule has 0 saturated carbocycles. The summed E-state index contributed by atoms with van der Waals surface area (Å²) in [5.74, 6) is -2.88. The maximum absolute atomic E-state index is 12.7. The highest BCUT2D eigenvalue weighted by Crippen LogP contribution is 2.40. The number of hydrogen-bond acceptors (Lipinski definition) is 7. The minimum atomic E-state index is -1.28. The van der Waals surface area contributed by atoms with Crippen LogP contribution in [0, 0.1) is 19.8 Å². The fourth-order valence-electron chi connectivity index (χ4n) is 3.47. The second kappa shape index (κ2) is 8.91. The molecule has 2 aliphatic heterocycles. The molecule has 1 saturated heterocycles. The molecule has 2 aliphatic rings. The molecule has 0 bridgehead atoms. The number of ether oxygens (including phenoxy) is 1. The van der Waals surface area contributed by atoms with E-state index in [4.69, 9.17) is 16.3 Å². The second-order valence-electron chi connectivity index (χ2n) is 7.50. The van der Waals surface area contributed by atoms with Gasteiger partial charge in [-0.1, -0.05) is 18.5 Å². The summed E-state index contributed by atoms with van der Waals surface area (Å²) in [4.78, 5) is 49.3. The minimum Gasteiger partial charge on any atom is -0.477 e. The van der Waals surface area contributed by atoms with E-state index in [1.165, 1.54) is 18.7 Å². The Balaban J connectivity index is 1.67. The van der Waals surface area contributed by atoms with Crippen molar-refractivity contribution in [3.05, 3.63) is 27.7 Å². The van der Waals surface area contributed by atoms with Crippen molar-refractivity contribution < 1.29 is 29.0 Å². The van der Waals surface area contributed by atoms with E-state index in [0.717, 1.165) is 10.6 Å². The molecule has 1 aromatic heterocycles. The van der Waals surface area contributed by atoms with E-state index in [0.29, 0.717) is 22.8 Å². The van der Waals surface area contributed by atoms with Gasteiger partial charge < -0.3 is 15.2 Å². The van der Waals surface area contributed by atoms with Crippen molar-refractivity contribution in [3.8, 4) is 0 Å². The van der Waals surface area contributed by atoms with Crippen molar-refractivity contribution in [2.45, 2.75) is 45.7 Å². The Morgan fingerprint density at radius 3 is 2.61 bits per heavy atom. The Hall–Kier alpha value is -2.53. The van der Waals surface area contributed by atoms with Gasteiger partial charge in [-0.3, -0.25) is 24.0 Å². The van der Waals surface area contributed by atoms with Gasteiger partial charge in [0.05, 0.1) is 28.9 Å². The zero-order chi connectivity index (χ0) is 23.0. The van der Waals surface area contributed by atoms with Crippen molar-refractivity contribution in [3.63, 3.8) is 0 Å². The normalized spacial score (nSPS) is 21.3. The topological polar surface area (TPSA) is 131 Å². The Morgan fingerprint density at radius 2 is 2.06 bits per heavy atom. The number of nitrogens with zero attached hydrogens (tertiary/aromatic N) is 3. The van der Waals surface area contributed by atoms with Crippen LogP contribution in [0.15, 0.2) is 11.3 Å². The number of carbonyl (C=O) groups is 4. The van der Waals surface area contributed by atoms with E-state index in [1.54, 1.807) is 18.5 Å². The highest BCUT2D eigenvalue weighted by molar-refractivity contribution is 8.00. The lowest BCUT2D eigenvalue weighted by Gasteiger charge is -2.49. The molecular weight excluding hydrogens is 448 g/mol. The first-order valence-electron chi connectivity index (χ1n) is 9.56. The van der Waals surface area contributed by atoms with Gasteiger partial charge >= 0.3 is 11.9 Å². The van der Waals surface area contributed by atoms with E-state index in [-0.39, 0.29) is 24.0 Å². The van der Waals surface area contributed by atoms with Crippen LogP contribution in [0.1, 0.15) is 25.2 Å². The average molecular weight is 471 g/mol. The maximum Gasteiger partial charge on any atom is 0.352 e. The molecule has 1 aromatic rings. The van der Waals surface area contributed by atoms with E-state index in [1.807, 2.05) is 6.92 Å². The predicted molar refractivity (Wildman–Crippen MR) is 112 cm³/mol. The van der Waals surface area contributed by atoms with Gasteiger partial charge in [-0.05, 0) is 13.8 Å². The lowest BCUT2D eigenvalue weighted by atomic mass is 10.0. The number of fused-ring (bicyclic) bond motifs is 1. The zero-order valence-electron chi connectivity index (χ0n) is 17.5. The quantitative estimate of drug-likeness (QED) is 0.447. The fraction of sp³-hybridized carbons (Fsp3) is 0.526. The van der Waals surface area contributed by atoms with Gasteiger partial charge in [-0.15, -0.1) is 11.8 Å². The fourth-order valence-corrected chi connectivity index (χ4v) is 4.94. The Bertz CT molecular complexity index is 990. The largest absolute Gasteiger partial charge is 0.477 e. The molecule has 3 rings (SSSR count). The van der Waals surface area contributed by atoms with Crippen LogP contribution in [0.3, 0.4) is 0 Å². The van der Waals surface area contributed by atoms with Gasteiger partial charge in [-0.25, -0.2) is 4.79 Å². The number of β-lactam (4-membered cyclic amide) rings is 1. The Labute approximate surface area is 187 Å². The Kier molecular flexibility index (Phi) is 6.65. The number of nitrogens with one attached hydrogen (secondary N) is 1. The third-order valence-corrected chi connectivity index (χ3v) is 7.07. The summed E-state index contributed by atoms with van der Waals surface area (Å²) in [6.07, 6.45) is 0. The second-order valence-corrected chi connectivity index (χ2v) is 8.98. The molecule has 2 amide bonds.